The molecular weight excluding hydrogens is 456 g/mol. The van der Waals surface area contributed by atoms with Crippen molar-refractivity contribution in [2.24, 2.45) is 4.40 Å². The lowest BCUT2D eigenvalue weighted by molar-refractivity contribution is -0.137. The minimum absolute atomic E-state index is 0.105. The third-order valence-corrected chi connectivity index (χ3v) is 8.37. The van der Waals surface area contributed by atoms with E-state index < -0.39 is 25.8 Å². The molecule has 4 nitrogen and oxygen atoms in total. The number of nitrogens with one attached hydrogen (secondary N) is 1. The molecule has 1 aliphatic heterocycles. The largest absolute Gasteiger partial charge is 0.416 e. The molecule has 0 aliphatic carbocycles. The summed E-state index contributed by atoms with van der Waals surface area (Å²) >= 11 is 12.7. The number of alkyl halides is 3. The molecule has 1 aliphatic rings. The molecule has 0 bridgehead atoms. The molecule has 0 saturated carbocycles. The molecule has 0 radical (unpaired) electrons. The van der Waals surface area contributed by atoms with Gasteiger partial charge in [0.25, 0.3) is 10.0 Å². The van der Waals surface area contributed by atoms with Crippen LogP contribution < -0.4 is 5.32 Å². The smallest absolute Gasteiger partial charge is 0.334 e. The summed E-state index contributed by atoms with van der Waals surface area (Å²) in [7, 11) is -3.97. The monoisotopic (exact) mass is 468 g/mol. The van der Waals surface area contributed by atoms with Gasteiger partial charge in [-0.15, -0.1) is 4.40 Å². The van der Waals surface area contributed by atoms with Gasteiger partial charge in [0.2, 0.25) is 0 Å². The van der Waals surface area contributed by atoms with E-state index in [0.29, 0.717) is 10.7 Å². The third kappa shape index (κ3) is 4.42. The molecule has 1 atom stereocenters. The number of benzene rings is 2. The van der Waals surface area contributed by atoms with E-state index in [0.717, 1.165) is 23.9 Å². The number of halogens is 5. The minimum Gasteiger partial charge on any atom is -0.334 e. The fourth-order valence-corrected chi connectivity index (χ4v) is 5.72. The van der Waals surface area contributed by atoms with Crippen molar-refractivity contribution in [1.82, 2.24) is 0 Å². The zero-order valence-corrected chi connectivity index (χ0v) is 17.4. The summed E-state index contributed by atoms with van der Waals surface area (Å²) in [4.78, 5) is 0. The number of sulfonamides is 1. The number of rotatable bonds is 3. The van der Waals surface area contributed by atoms with Crippen LogP contribution >= 0.6 is 35.0 Å². The minimum atomic E-state index is -4.50. The van der Waals surface area contributed by atoms with Gasteiger partial charge in [-0.05, 0) is 36.8 Å². The first-order valence-corrected chi connectivity index (χ1v) is 10.8. The van der Waals surface area contributed by atoms with Crippen LogP contribution in [0.1, 0.15) is 18.1 Å². The Morgan fingerprint density at radius 1 is 1.14 bits per heavy atom. The molecule has 1 N–H and O–H groups in total. The first kappa shape index (κ1) is 21.3. The van der Waals surface area contributed by atoms with Crippen LogP contribution in [0.3, 0.4) is 0 Å². The second kappa shape index (κ2) is 7.44. The van der Waals surface area contributed by atoms with Crippen molar-refractivity contribution in [2.75, 3.05) is 5.32 Å². The van der Waals surface area contributed by atoms with E-state index in [1.165, 1.54) is 25.1 Å². The summed E-state index contributed by atoms with van der Waals surface area (Å²) in [5.41, 5.74) is -0.0948. The summed E-state index contributed by atoms with van der Waals surface area (Å²) in [6.45, 7) is 1.43. The Kier molecular flexibility index (Phi) is 5.66. The van der Waals surface area contributed by atoms with Crippen LogP contribution in [0.2, 0.25) is 10.0 Å². The topological polar surface area (TPSA) is 58.5 Å². The van der Waals surface area contributed by atoms with Gasteiger partial charge in [-0.3, -0.25) is 0 Å². The molecule has 0 saturated heterocycles. The highest BCUT2D eigenvalue weighted by atomic mass is 35.5. The van der Waals surface area contributed by atoms with Gasteiger partial charge in [0.15, 0.2) is 5.17 Å². The van der Waals surface area contributed by atoms with E-state index in [4.69, 9.17) is 23.2 Å². The van der Waals surface area contributed by atoms with E-state index in [9.17, 15) is 21.6 Å². The summed E-state index contributed by atoms with van der Waals surface area (Å²) in [6.07, 6.45) is -4.64. The van der Waals surface area contributed by atoms with E-state index >= 15 is 0 Å². The predicted molar refractivity (Wildman–Crippen MR) is 108 cm³/mol. The molecule has 0 aromatic heterocycles. The Labute approximate surface area is 174 Å². The Morgan fingerprint density at radius 2 is 1.86 bits per heavy atom. The zero-order chi connectivity index (χ0) is 20.7. The highest BCUT2D eigenvalue weighted by molar-refractivity contribution is 8.26. The number of anilines is 1. The fraction of sp³-hybridized carbons (Fsp3) is 0.235. The normalized spacial score (nSPS) is 21.4. The van der Waals surface area contributed by atoms with Crippen LogP contribution in [0.25, 0.3) is 0 Å². The summed E-state index contributed by atoms with van der Waals surface area (Å²) in [6, 6.07) is 9.27. The number of nitrogens with zero attached hydrogens (tertiary/aromatic N) is 1. The maximum Gasteiger partial charge on any atom is 0.416 e. The molecule has 0 fully saturated rings. The number of hydrogen-bond donors (Lipinski definition) is 1. The van der Waals surface area contributed by atoms with Crippen LogP contribution in [0, 0.1) is 0 Å². The SMILES string of the molecule is CC1(Cc2cccc(C(F)(F)F)c2)SC(Nc2ccc(Cl)c(Cl)c2)=NS1(=O)=O. The highest BCUT2D eigenvalue weighted by Gasteiger charge is 2.47. The van der Waals surface area contributed by atoms with Gasteiger partial charge in [0, 0.05) is 12.1 Å². The maximum absolute atomic E-state index is 12.9. The van der Waals surface area contributed by atoms with Crippen LogP contribution in [0.15, 0.2) is 46.9 Å². The molecular formula is C17H13Cl2F3N2O2S2. The summed E-state index contributed by atoms with van der Waals surface area (Å²) in [5.74, 6) is 0. The molecule has 2 aromatic carbocycles. The standard InChI is InChI=1S/C17H13Cl2F3N2O2S2/c1-16(9-10-3-2-4-11(7-10)17(20,21)22)27-15(24-28(16,25)26)23-12-5-6-13(18)14(19)8-12/h2-8H,9H2,1H3,(H,23,24). The molecule has 0 spiro atoms. The van der Waals surface area contributed by atoms with Crippen molar-refractivity contribution in [1.29, 1.82) is 0 Å². The van der Waals surface area contributed by atoms with Gasteiger partial charge in [0.05, 0.1) is 15.6 Å². The van der Waals surface area contributed by atoms with E-state index in [2.05, 4.69) is 9.71 Å². The Bertz CT molecular complexity index is 1060. The molecule has 28 heavy (non-hydrogen) atoms. The Balaban J connectivity index is 1.82. The quantitative estimate of drug-likeness (QED) is 0.616. The van der Waals surface area contributed by atoms with Crippen molar-refractivity contribution in [2.45, 2.75) is 23.6 Å². The average Bonchev–Trinajstić information content (AvgIpc) is 2.78. The summed E-state index contributed by atoms with van der Waals surface area (Å²) in [5, 5.41) is 3.58. The number of amidine groups is 1. The van der Waals surface area contributed by atoms with Crippen molar-refractivity contribution in [3.05, 3.63) is 63.6 Å². The molecule has 2 aromatic rings. The Morgan fingerprint density at radius 3 is 2.50 bits per heavy atom. The fourth-order valence-electron chi connectivity index (χ4n) is 2.58. The van der Waals surface area contributed by atoms with Gasteiger partial charge in [-0.25, -0.2) is 8.42 Å². The van der Waals surface area contributed by atoms with Gasteiger partial charge in [-0.2, -0.15) is 13.2 Å². The van der Waals surface area contributed by atoms with Gasteiger partial charge < -0.3 is 5.32 Å². The first-order valence-electron chi connectivity index (χ1n) is 7.81. The molecule has 150 valence electrons. The average molecular weight is 469 g/mol. The van der Waals surface area contributed by atoms with E-state index in [1.807, 2.05) is 0 Å². The lowest BCUT2D eigenvalue weighted by Crippen LogP contribution is -2.30. The lowest BCUT2D eigenvalue weighted by Gasteiger charge is -2.21. The van der Waals surface area contributed by atoms with Crippen molar-refractivity contribution < 1.29 is 21.6 Å². The lowest BCUT2D eigenvalue weighted by atomic mass is 10.1. The summed E-state index contributed by atoms with van der Waals surface area (Å²) < 4.78 is 66.2. The molecule has 3 rings (SSSR count). The predicted octanol–water partition coefficient (Wildman–Crippen LogP) is 5.82. The van der Waals surface area contributed by atoms with E-state index in [1.54, 1.807) is 12.1 Å². The second-order valence-electron chi connectivity index (χ2n) is 6.24. The number of hydrogen-bond acceptors (Lipinski definition) is 4. The van der Waals surface area contributed by atoms with Gasteiger partial charge >= 0.3 is 6.18 Å². The van der Waals surface area contributed by atoms with Crippen molar-refractivity contribution in [3.8, 4) is 0 Å². The van der Waals surface area contributed by atoms with Crippen LogP contribution in [-0.4, -0.2) is 17.7 Å². The maximum atomic E-state index is 12.9. The van der Waals surface area contributed by atoms with Gasteiger partial charge in [0.1, 0.15) is 4.08 Å². The zero-order valence-electron chi connectivity index (χ0n) is 14.2. The van der Waals surface area contributed by atoms with Crippen LogP contribution in [0.5, 0.6) is 0 Å². The highest BCUT2D eigenvalue weighted by Crippen LogP contribution is 2.43. The molecule has 0 amide bonds. The van der Waals surface area contributed by atoms with Crippen LogP contribution in [0.4, 0.5) is 18.9 Å². The molecule has 11 heteroatoms. The van der Waals surface area contributed by atoms with Crippen molar-refractivity contribution >= 4 is 55.8 Å². The van der Waals surface area contributed by atoms with Crippen molar-refractivity contribution in [3.63, 3.8) is 0 Å². The second-order valence-corrected chi connectivity index (χ2v) is 10.8. The molecule has 1 unspecified atom stereocenters. The first-order chi connectivity index (χ1) is 12.9. The number of thioether (sulfide) groups is 1. The molecule has 1 heterocycles. The Hall–Kier alpha value is -1.42. The van der Waals surface area contributed by atoms with Crippen LogP contribution in [-0.2, 0) is 22.6 Å². The van der Waals surface area contributed by atoms with Gasteiger partial charge in [-0.1, -0.05) is 53.2 Å². The van der Waals surface area contributed by atoms with E-state index in [-0.39, 0.29) is 22.2 Å². The third-order valence-electron chi connectivity index (χ3n) is 4.01.